The van der Waals surface area contributed by atoms with Crippen LogP contribution in [0.4, 0.5) is 0 Å². The van der Waals surface area contributed by atoms with Gasteiger partial charge in [0.15, 0.2) is 5.78 Å². The largest absolute Gasteiger partial charge is 0.870 e. The minimum Gasteiger partial charge on any atom is -0.870 e. The predicted molar refractivity (Wildman–Crippen MR) is 103 cm³/mol. The maximum atomic E-state index is 10.3. The molecule has 3 unspecified atom stereocenters. The van der Waals surface area contributed by atoms with Crippen LogP contribution < -0.4 is 0 Å². The van der Waals surface area contributed by atoms with E-state index < -0.39 is 6.10 Å². The summed E-state index contributed by atoms with van der Waals surface area (Å²) in [4.78, 5) is 20.4. The van der Waals surface area contributed by atoms with Crippen LogP contribution in [0, 0.1) is 0 Å². The molecule has 6 nitrogen and oxygen atoms in total. The normalized spacial score (nSPS) is 12.8. The summed E-state index contributed by atoms with van der Waals surface area (Å²) in [5.41, 5.74) is 0. The van der Waals surface area contributed by atoms with Crippen LogP contribution in [0.1, 0.15) is 73.6 Å². The Morgan fingerprint density at radius 1 is 0.960 bits per heavy atom. The first-order valence-electron chi connectivity index (χ1n) is 8.31. The van der Waals surface area contributed by atoms with Gasteiger partial charge in [0.1, 0.15) is 5.78 Å². The summed E-state index contributed by atoms with van der Waals surface area (Å²) in [5, 5.41) is 26.4. The lowest BCUT2D eigenvalue weighted by Crippen LogP contribution is -2.13. The molecule has 3 atom stereocenters. The average molecular weight is 386 g/mol. The highest BCUT2D eigenvalue weighted by Crippen LogP contribution is 1.99. The van der Waals surface area contributed by atoms with Crippen molar-refractivity contribution in [2.75, 3.05) is 0 Å². The lowest BCUT2D eigenvalue weighted by molar-refractivity contribution is -0.119. The van der Waals surface area contributed by atoms with E-state index in [2.05, 4.69) is 0 Å². The van der Waals surface area contributed by atoms with Gasteiger partial charge in [-0.25, -0.2) is 0 Å². The van der Waals surface area contributed by atoms with Gasteiger partial charge in [0.25, 0.3) is 0 Å². The number of aliphatic hydroxyl groups is 3. The molecule has 0 aromatic heterocycles. The standard InChI is InChI=1S/C6H14O2.C6H12O2.C6H10O.ClH.H2O/c2*1-3-6(8)4-5(2)7;1-3-4-5-6(2)7;;/h5-8H,3-4H2,1-2H3;6,8H,3-4H2,1-2H3;4-5H,3H2,1-2H3;1H;1H2/p-1/b;;5-4+;;. The van der Waals surface area contributed by atoms with Gasteiger partial charge in [0.2, 0.25) is 0 Å². The van der Waals surface area contributed by atoms with Crippen molar-refractivity contribution in [3.63, 3.8) is 0 Å². The lowest BCUT2D eigenvalue weighted by Gasteiger charge is -2.08. The maximum Gasteiger partial charge on any atom is 0.152 e. The first-order chi connectivity index (χ1) is 10.6. The van der Waals surface area contributed by atoms with Crippen LogP contribution in [0.5, 0.6) is 0 Å². The van der Waals surface area contributed by atoms with Crippen molar-refractivity contribution in [2.24, 2.45) is 0 Å². The number of rotatable bonds is 8. The molecule has 25 heavy (non-hydrogen) atoms. The molecule has 0 spiro atoms. The van der Waals surface area contributed by atoms with Crippen LogP contribution in [0.15, 0.2) is 12.2 Å². The fourth-order valence-electron chi connectivity index (χ4n) is 1.32. The second kappa shape index (κ2) is 25.5. The molecule has 0 radical (unpaired) electrons. The van der Waals surface area contributed by atoms with Crippen LogP contribution in [0.25, 0.3) is 0 Å². The van der Waals surface area contributed by atoms with Crippen molar-refractivity contribution >= 4 is 24.0 Å². The van der Waals surface area contributed by atoms with Gasteiger partial charge in [-0.3, -0.25) is 9.59 Å². The zero-order valence-electron chi connectivity index (χ0n) is 16.4. The molecular weight excluding hydrogens is 348 g/mol. The van der Waals surface area contributed by atoms with Crippen molar-refractivity contribution in [2.45, 2.75) is 92.0 Å². The van der Waals surface area contributed by atoms with Gasteiger partial charge in [0, 0.05) is 6.42 Å². The number of ketones is 2. The first-order valence-corrected chi connectivity index (χ1v) is 8.31. The molecule has 0 saturated carbocycles. The van der Waals surface area contributed by atoms with Crippen molar-refractivity contribution in [3.05, 3.63) is 12.2 Å². The second-order valence-electron chi connectivity index (χ2n) is 5.54. The minimum absolute atomic E-state index is 0. The monoisotopic (exact) mass is 385 g/mol. The molecule has 0 saturated heterocycles. The Morgan fingerprint density at radius 3 is 1.52 bits per heavy atom. The average Bonchev–Trinajstić information content (AvgIpc) is 2.44. The van der Waals surface area contributed by atoms with Gasteiger partial charge >= 0.3 is 0 Å². The summed E-state index contributed by atoms with van der Waals surface area (Å²) in [6.45, 7) is 10.5. The second-order valence-corrected chi connectivity index (χ2v) is 5.54. The number of hydrogen-bond acceptors (Lipinski definition) is 6. The zero-order valence-corrected chi connectivity index (χ0v) is 17.3. The smallest absolute Gasteiger partial charge is 0.152 e. The lowest BCUT2D eigenvalue weighted by atomic mass is 10.1. The third kappa shape index (κ3) is 45.1. The Balaban J connectivity index is -0.0000000771. The first kappa shape index (κ1) is 35.3. The van der Waals surface area contributed by atoms with Crippen LogP contribution in [-0.2, 0) is 9.59 Å². The molecule has 0 aliphatic heterocycles. The summed E-state index contributed by atoms with van der Waals surface area (Å²) >= 11 is 0. The topological polar surface area (TPSA) is 125 Å². The number of Topliss-reactive ketones (excluding diaryl/α,β-unsaturated/α-hetero) is 1. The molecule has 0 rings (SSSR count). The number of carbonyl (C=O) groups excluding carboxylic acids is 2. The molecule has 0 aliphatic carbocycles. The number of allylic oxidation sites excluding steroid dienone is 2. The predicted octanol–water partition coefficient (Wildman–Crippen LogP) is 3.05. The van der Waals surface area contributed by atoms with E-state index in [1.165, 1.54) is 6.92 Å². The third-order valence-corrected chi connectivity index (χ3v) is 2.67. The highest BCUT2D eigenvalue weighted by atomic mass is 35.5. The van der Waals surface area contributed by atoms with E-state index in [0.717, 1.165) is 12.8 Å². The van der Waals surface area contributed by atoms with Crippen LogP contribution >= 0.6 is 12.4 Å². The van der Waals surface area contributed by atoms with E-state index in [-0.39, 0.29) is 41.7 Å². The van der Waals surface area contributed by atoms with Gasteiger partial charge in [-0.1, -0.05) is 26.8 Å². The maximum absolute atomic E-state index is 10.3. The molecule has 0 heterocycles. The molecule has 7 heteroatoms. The molecule has 0 fully saturated rings. The van der Waals surface area contributed by atoms with Crippen molar-refractivity contribution in [1.29, 1.82) is 0 Å². The Hall–Kier alpha value is -0.790. The Bertz CT molecular complexity index is 319. The molecule has 0 bridgehead atoms. The molecular formula is C18H38ClO6-. The fourth-order valence-corrected chi connectivity index (χ4v) is 1.32. The van der Waals surface area contributed by atoms with E-state index in [9.17, 15) is 9.59 Å². The summed E-state index contributed by atoms with van der Waals surface area (Å²) in [7, 11) is 0. The van der Waals surface area contributed by atoms with E-state index in [1.807, 2.05) is 26.8 Å². The van der Waals surface area contributed by atoms with Crippen molar-refractivity contribution in [1.82, 2.24) is 0 Å². The summed E-state index contributed by atoms with van der Waals surface area (Å²) in [6, 6.07) is 0. The Labute approximate surface area is 159 Å². The fraction of sp³-hybridized carbons (Fsp3) is 0.778. The van der Waals surface area contributed by atoms with Gasteiger partial charge in [0.05, 0.1) is 18.3 Å². The number of aliphatic hydroxyl groups excluding tert-OH is 3. The Kier molecular flexibility index (Phi) is 36.0. The summed E-state index contributed by atoms with van der Waals surface area (Å²) < 4.78 is 0. The van der Waals surface area contributed by atoms with Gasteiger partial charge in [-0.2, -0.15) is 0 Å². The van der Waals surface area contributed by atoms with Gasteiger partial charge in [-0.05, 0) is 52.5 Å². The number of hydrogen-bond donors (Lipinski definition) is 3. The van der Waals surface area contributed by atoms with E-state index in [1.54, 1.807) is 19.9 Å². The van der Waals surface area contributed by atoms with Crippen molar-refractivity contribution < 1.29 is 30.4 Å². The van der Waals surface area contributed by atoms with E-state index >= 15 is 0 Å². The number of carbonyl (C=O) groups is 2. The Morgan fingerprint density at radius 2 is 1.40 bits per heavy atom. The van der Waals surface area contributed by atoms with Crippen LogP contribution in [0.2, 0.25) is 0 Å². The highest BCUT2D eigenvalue weighted by molar-refractivity contribution is 5.87. The molecule has 0 aliphatic rings. The quantitative estimate of drug-likeness (QED) is 0.551. The molecule has 0 aromatic carbocycles. The molecule has 0 amide bonds. The highest BCUT2D eigenvalue weighted by Gasteiger charge is 2.03. The van der Waals surface area contributed by atoms with Gasteiger partial charge < -0.3 is 20.8 Å². The van der Waals surface area contributed by atoms with Crippen LogP contribution in [0.3, 0.4) is 0 Å². The van der Waals surface area contributed by atoms with Crippen molar-refractivity contribution in [3.8, 4) is 0 Å². The van der Waals surface area contributed by atoms with E-state index in [4.69, 9.17) is 15.3 Å². The molecule has 154 valence electrons. The number of halogens is 1. The SMILES string of the molecule is CC/C=C/C(C)=O.CCC(O)CC(C)=O.CCC(O)CC(C)O.Cl.[OH-]. The van der Waals surface area contributed by atoms with E-state index in [0.29, 0.717) is 19.3 Å². The summed E-state index contributed by atoms with van der Waals surface area (Å²) in [5.74, 6) is 0.182. The van der Waals surface area contributed by atoms with Crippen LogP contribution in [-0.4, -0.2) is 50.7 Å². The minimum atomic E-state index is -0.424. The molecule has 0 aromatic rings. The van der Waals surface area contributed by atoms with Gasteiger partial charge in [-0.15, -0.1) is 12.4 Å². The third-order valence-electron chi connectivity index (χ3n) is 2.67. The summed E-state index contributed by atoms with van der Waals surface area (Å²) in [6.07, 6.45) is 5.45. The zero-order chi connectivity index (χ0) is 18.8. The molecule has 4 N–H and O–H groups in total.